The number of benzene rings is 1. The number of piperazine rings is 1. The van der Waals surface area contributed by atoms with Crippen molar-refractivity contribution in [2.75, 3.05) is 26.2 Å². The topological polar surface area (TPSA) is 61.6 Å². The maximum Gasteiger partial charge on any atom is 0.252 e. The van der Waals surface area contributed by atoms with Gasteiger partial charge in [0.05, 0.1) is 11.5 Å². The number of hydrogen-bond donors (Lipinski definition) is 1. The molecule has 28 heavy (non-hydrogen) atoms. The fraction of sp³-hybridized carbons (Fsp3) is 0.300. The zero-order valence-electron chi connectivity index (χ0n) is 15.4. The van der Waals surface area contributed by atoms with Crippen LogP contribution in [0.1, 0.15) is 11.5 Å². The highest BCUT2D eigenvalue weighted by Crippen LogP contribution is 2.45. The Labute approximate surface area is 163 Å². The van der Waals surface area contributed by atoms with Crippen LogP contribution in [-0.2, 0) is 4.79 Å². The van der Waals surface area contributed by atoms with Gasteiger partial charge in [0, 0.05) is 45.4 Å². The molecule has 0 aliphatic carbocycles. The molecule has 1 amide bonds. The molecule has 1 aromatic heterocycles. The van der Waals surface area contributed by atoms with Crippen LogP contribution in [0.3, 0.4) is 0 Å². The van der Waals surface area contributed by atoms with Gasteiger partial charge >= 0.3 is 0 Å². The van der Waals surface area contributed by atoms with Crippen molar-refractivity contribution in [1.82, 2.24) is 20.1 Å². The van der Waals surface area contributed by atoms with Gasteiger partial charge in [0.2, 0.25) is 0 Å². The lowest BCUT2D eigenvalue weighted by Crippen LogP contribution is -2.44. The second-order valence-corrected chi connectivity index (χ2v) is 8.50. The second-order valence-electron chi connectivity index (χ2n) is 7.08. The lowest BCUT2D eigenvalue weighted by Gasteiger charge is -2.37. The molecule has 0 radical (unpaired) electrons. The van der Waals surface area contributed by atoms with Crippen molar-refractivity contribution in [3.05, 3.63) is 59.5 Å². The number of rotatable bonds is 2. The van der Waals surface area contributed by atoms with Gasteiger partial charge in [0.1, 0.15) is 5.52 Å². The number of amides is 1. The summed E-state index contributed by atoms with van der Waals surface area (Å²) in [6, 6.07) is 3.22. The molecular weight excluding hydrogens is 378 g/mol. The Hall–Kier alpha value is -2.50. The predicted molar refractivity (Wildman–Crippen MR) is 107 cm³/mol. The first-order valence-electron chi connectivity index (χ1n) is 9.32. The highest BCUT2D eigenvalue weighted by atomic mass is 31.1. The summed E-state index contributed by atoms with van der Waals surface area (Å²) < 4.78 is 19.9. The van der Waals surface area contributed by atoms with Gasteiger partial charge < -0.3 is 19.5 Å². The standard InChI is InChI=1S/C20H20FN4O2P/c1-12-23-20-15(21)8-13(9-16(20)27-12)17-10-18(26)25-11-14(2-3-19(25)28-17)24-6-4-22-5-7-24/h2-3,8-11,19,22,28H,4-7H2,1H3. The molecule has 3 aliphatic rings. The number of aromatic nitrogens is 1. The molecule has 1 fully saturated rings. The lowest BCUT2D eigenvalue weighted by atomic mass is 10.1. The van der Waals surface area contributed by atoms with Crippen molar-refractivity contribution in [2.45, 2.75) is 12.7 Å². The van der Waals surface area contributed by atoms with E-state index in [1.807, 2.05) is 6.20 Å². The van der Waals surface area contributed by atoms with Gasteiger partial charge in [-0.1, -0.05) is 14.7 Å². The molecule has 2 atom stereocenters. The molecule has 4 heterocycles. The Morgan fingerprint density at radius 1 is 1.32 bits per heavy atom. The summed E-state index contributed by atoms with van der Waals surface area (Å²) in [6.45, 7) is 5.45. The first-order valence-corrected chi connectivity index (χ1v) is 10.4. The number of allylic oxidation sites excluding steroid dienone is 1. The van der Waals surface area contributed by atoms with E-state index in [1.54, 1.807) is 24.0 Å². The van der Waals surface area contributed by atoms with Crippen molar-refractivity contribution >= 4 is 30.9 Å². The molecule has 8 heteroatoms. The largest absolute Gasteiger partial charge is 0.441 e. The van der Waals surface area contributed by atoms with Gasteiger partial charge in [-0.3, -0.25) is 4.79 Å². The maximum atomic E-state index is 14.4. The number of nitrogens with zero attached hydrogens (tertiary/aromatic N) is 3. The average molecular weight is 398 g/mol. The molecule has 1 saturated heterocycles. The molecular formula is C20H20FN4O2P. The van der Waals surface area contributed by atoms with E-state index < -0.39 is 5.82 Å². The van der Waals surface area contributed by atoms with Crippen LogP contribution >= 0.6 is 8.58 Å². The quantitative estimate of drug-likeness (QED) is 0.789. The highest BCUT2D eigenvalue weighted by Gasteiger charge is 2.30. The fourth-order valence-electron chi connectivity index (χ4n) is 3.80. The Bertz CT molecular complexity index is 1050. The fourth-order valence-corrected chi connectivity index (χ4v) is 5.17. The van der Waals surface area contributed by atoms with Gasteiger partial charge in [-0.05, 0) is 29.1 Å². The number of aryl methyl sites for hydroxylation is 1. The summed E-state index contributed by atoms with van der Waals surface area (Å²) in [5.41, 5.74) is 2.39. The van der Waals surface area contributed by atoms with Crippen LogP contribution in [0.5, 0.6) is 0 Å². The van der Waals surface area contributed by atoms with Crippen LogP contribution in [0.15, 0.2) is 46.7 Å². The van der Waals surface area contributed by atoms with Crippen LogP contribution in [0.25, 0.3) is 16.4 Å². The summed E-state index contributed by atoms with van der Waals surface area (Å²) in [6.07, 6.45) is 7.74. The molecule has 3 aliphatic heterocycles. The second kappa shape index (κ2) is 6.83. The monoisotopic (exact) mass is 398 g/mol. The summed E-state index contributed by atoms with van der Waals surface area (Å²) in [5.74, 6) is -0.112. The van der Waals surface area contributed by atoms with Gasteiger partial charge in [-0.2, -0.15) is 0 Å². The zero-order valence-corrected chi connectivity index (χ0v) is 16.4. The van der Waals surface area contributed by atoms with E-state index in [0.29, 0.717) is 25.6 Å². The van der Waals surface area contributed by atoms with Gasteiger partial charge in [0.25, 0.3) is 5.91 Å². The third kappa shape index (κ3) is 3.05. The predicted octanol–water partition coefficient (Wildman–Crippen LogP) is 2.78. The minimum absolute atomic E-state index is 0.0330. The minimum Gasteiger partial charge on any atom is -0.441 e. The minimum atomic E-state index is -0.426. The molecule has 2 unspecified atom stereocenters. The van der Waals surface area contributed by atoms with Crippen LogP contribution in [0.2, 0.25) is 0 Å². The SMILES string of the molecule is Cc1nc2c(F)cc(C3=CC(=O)N4C=C(N5CCNCC5)C=CC4P3)cc2o1. The molecule has 144 valence electrons. The van der Waals surface area contributed by atoms with Crippen molar-refractivity contribution in [1.29, 1.82) is 0 Å². The highest BCUT2D eigenvalue weighted by molar-refractivity contribution is 7.51. The first kappa shape index (κ1) is 17.6. The molecule has 6 nitrogen and oxygen atoms in total. The lowest BCUT2D eigenvalue weighted by molar-refractivity contribution is -0.123. The summed E-state index contributed by atoms with van der Waals surface area (Å²) in [7, 11) is 0.334. The number of nitrogens with one attached hydrogen (secondary N) is 1. The number of oxazole rings is 1. The Balaban J connectivity index is 1.45. The molecule has 1 N–H and O–H groups in total. The van der Waals surface area contributed by atoms with E-state index >= 15 is 0 Å². The van der Waals surface area contributed by atoms with Crippen molar-refractivity contribution in [3.63, 3.8) is 0 Å². The maximum absolute atomic E-state index is 14.4. The molecule has 0 bridgehead atoms. The number of hydrogen-bond acceptors (Lipinski definition) is 5. The van der Waals surface area contributed by atoms with E-state index in [0.717, 1.165) is 37.2 Å². The normalized spacial score (nSPS) is 23.2. The van der Waals surface area contributed by atoms with E-state index in [4.69, 9.17) is 4.42 Å². The van der Waals surface area contributed by atoms with E-state index in [-0.39, 0.29) is 17.2 Å². The smallest absolute Gasteiger partial charge is 0.252 e. The van der Waals surface area contributed by atoms with Gasteiger partial charge in [-0.25, -0.2) is 9.37 Å². The van der Waals surface area contributed by atoms with Crippen molar-refractivity contribution < 1.29 is 13.6 Å². The molecule has 5 rings (SSSR count). The summed E-state index contributed by atoms with van der Waals surface area (Å²) >= 11 is 0. The van der Waals surface area contributed by atoms with E-state index in [1.165, 1.54) is 6.07 Å². The van der Waals surface area contributed by atoms with E-state index in [2.05, 4.69) is 27.4 Å². The third-order valence-corrected chi connectivity index (χ3v) is 6.70. The Kier molecular flexibility index (Phi) is 4.29. The molecule has 1 aromatic carbocycles. The summed E-state index contributed by atoms with van der Waals surface area (Å²) in [5, 5.41) is 4.17. The van der Waals surface area contributed by atoms with Crippen molar-refractivity contribution in [3.8, 4) is 0 Å². The zero-order chi connectivity index (χ0) is 19.3. The van der Waals surface area contributed by atoms with Gasteiger partial charge in [0.15, 0.2) is 17.3 Å². The number of carbonyl (C=O) groups is 1. The number of halogens is 1. The van der Waals surface area contributed by atoms with Gasteiger partial charge in [-0.15, -0.1) is 0 Å². The molecule has 0 saturated carbocycles. The number of carbonyl (C=O) groups excluding carboxylic acids is 1. The summed E-state index contributed by atoms with van der Waals surface area (Å²) in [4.78, 5) is 20.9. The Morgan fingerprint density at radius 3 is 2.96 bits per heavy atom. The third-order valence-electron chi connectivity index (χ3n) is 5.19. The average Bonchev–Trinajstić information content (AvgIpc) is 3.09. The number of fused-ring (bicyclic) bond motifs is 2. The first-order chi connectivity index (χ1) is 13.6. The van der Waals surface area contributed by atoms with Crippen molar-refractivity contribution in [2.24, 2.45) is 0 Å². The van der Waals surface area contributed by atoms with Crippen LogP contribution in [0.4, 0.5) is 4.39 Å². The molecule has 0 spiro atoms. The van der Waals surface area contributed by atoms with E-state index in [9.17, 15) is 9.18 Å². The molecule has 2 aromatic rings. The van der Waals surface area contributed by atoms with Crippen LogP contribution in [-0.4, -0.2) is 52.7 Å². The van der Waals surface area contributed by atoms with Crippen LogP contribution in [0, 0.1) is 12.7 Å². The Morgan fingerprint density at radius 2 is 2.14 bits per heavy atom. The van der Waals surface area contributed by atoms with Crippen LogP contribution < -0.4 is 5.32 Å².